The summed E-state index contributed by atoms with van der Waals surface area (Å²) in [5.41, 5.74) is 0.681. The summed E-state index contributed by atoms with van der Waals surface area (Å²) in [4.78, 5) is 16.4. The number of phenols is 2. The molecular formula is C20H17NO4. The third-order valence-corrected chi connectivity index (χ3v) is 3.90. The van der Waals surface area contributed by atoms with Gasteiger partial charge in [-0.25, -0.2) is 0 Å². The Morgan fingerprint density at radius 3 is 2.72 bits per heavy atom. The first kappa shape index (κ1) is 16.5. The van der Waals surface area contributed by atoms with Crippen molar-refractivity contribution < 1.29 is 19.7 Å². The summed E-state index contributed by atoms with van der Waals surface area (Å²) in [6.07, 6.45) is 1.41. The fourth-order valence-electron chi connectivity index (χ4n) is 2.56. The van der Waals surface area contributed by atoms with Crippen molar-refractivity contribution in [3.63, 3.8) is 0 Å². The molecule has 0 aliphatic rings. The predicted octanol–water partition coefficient (Wildman–Crippen LogP) is 3.56. The van der Waals surface area contributed by atoms with E-state index < -0.39 is 0 Å². The molecule has 25 heavy (non-hydrogen) atoms. The molecule has 3 aromatic rings. The van der Waals surface area contributed by atoms with Crippen molar-refractivity contribution in [2.45, 2.75) is 0 Å². The van der Waals surface area contributed by atoms with Crippen LogP contribution in [0.15, 0.2) is 59.6 Å². The predicted molar refractivity (Wildman–Crippen MR) is 97.1 cm³/mol. The SMILES string of the molecule is COc1ccc(O)c(C=NCC(=O)c2ccc3ccccc3c2O)c1. The zero-order valence-corrected chi connectivity index (χ0v) is 13.6. The van der Waals surface area contributed by atoms with Crippen LogP contribution in [0.4, 0.5) is 0 Å². The molecule has 0 fully saturated rings. The van der Waals surface area contributed by atoms with Crippen molar-refractivity contribution in [3.05, 3.63) is 65.7 Å². The van der Waals surface area contributed by atoms with Crippen molar-refractivity contribution in [1.29, 1.82) is 0 Å². The molecule has 0 bridgehead atoms. The number of benzene rings is 3. The van der Waals surface area contributed by atoms with Crippen LogP contribution in [0.1, 0.15) is 15.9 Å². The number of hydrogen-bond acceptors (Lipinski definition) is 5. The number of carbonyl (C=O) groups excluding carboxylic acids is 1. The maximum atomic E-state index is 12.3. The van der Waals surface area contributed by atoms with Crippen molar-refractivity contribution in [2.24, 2.45) is 4.99 Å². The lowest BCUT2D eigenvalue weighted by molar-refractivity contribution is 0.1000. The molecule has 0 aliphatic heterocycles. The van der Waals surface area contributed by atoms with Gasteiger partial charge in [0.25, 0.3) is 0 Å². The minimum atomic E-state index is -0.304. The Morgan fingerprint density at radius 2 is 1.92 bits per heavy atom. The van der Waals surface area contributed by atoms with Gasteiger partial charge in [-0.1, -0.05) is 30.3 Å². The number of fused-ring (bicyclic) bond motifs is 1. The maximum Gasteiger partial charge on any atom is 0.187 e. The van der Waals surface area contributed by atoms with E-state index >= 15 is 0 Å². The van der Waals surface area contributed by atoms with Crippen LogP contribution >= 0.6 is 0 Å². The number of ether oxygens (including phenoxy) is 1. The van der Waals surface area contributed by atoms with Gasteiger partial charge >= 0.3 is 0 Å². The number of Topliss-reactive ketones (excluding diaryl/α,β-unsaturated/α-hetero) is 1. The Balaban J connectivity index is 1.80. The highest BCUT2D eigenvalue weighted by molar-refractivity contribution is 6.06. The van der Waals surface area contributed by atoms with Crippen LogP contribution in [0.2, 0.25) is 0 Å². The van der Waals surface area contributed by atoms with Gasteiger partial charge in [0.15, 0.2) is 5.78 Å². The molecule has 2 N–H and O–H groups in total. The molecule has 0 atom stereocenters. The second-order valence-corrected chi connectivity index (χ2v) is 5.50. The number of aliphatic imine (C=N–C) groups is 1. The van der Waals surface area contributed by atoms with E-state index in [2.05, 4.69) is 4.99 Å². The Kier molecular flexibility index (Phi) is 4.66. The maximum absolute atomic E-state index is 12.3. The fourth-order valence-corrected chi connectivity index (χ4v) is 2.56. The van der Waals surface area contributed by atoms with Crippen molar-refractivity contribution >= 4 is 22.8 Å². The van der Waals surface area contributed by atoms with Crippen molar-refractivity contribution in [3.8, 4) is 17.2 Å². The largest absolute Gasteiger partial charge is 0.507 e. The average molecular weight is 335 g/mol. The second kappa shape index (κ2) is 7.05. The number of methoxy groups -OCH3 is 1. The molecule has 0 unspecified atom stereocenters. The molecule has 0 saturated heterocycles. The van der Waals surface area contributed by atoms with Crippen LogP contribution in [-0.4, -0.2) is 35.9 Å². The van der Waals surface area contributed by atoms with Crippen molar-refractivity contribution in [1.82, 2.24) is 0 Å². The molecule has 0 heterocycles. The number of nitrogens with zero attached hydrogens (tertiary/aromatic N) is 1. The lowest BCUT2D eigenvalue weighted by Gasteiger charge is -2.06. The van der Waals surface area contributed by atoms with E-state index in [4.69, 9.17) is 4.74 Å². The summed E-state index contributed by atoms with van der Waals surface area (Å²) < 4.78 is 5.09. The van der Waals surface area contributed by atoms with Gasteiger partial charge in [0, 0.05) is 17.2 Å². The van der Waals surface area contributed by atoms with Crippen molar-refractivity contribution in [2.75, 3.05) is 13.7 Å². The Morgan fingerprint density at radius 1 is 1.12 bits per heavy atom. The van der Waals surface area contributed by atoms with E-state index in [1.165, 1.54) is 19.4 Å². The third-order valence-electron chi connectivity index (χ3n) is 3.90. The zero-order valence-electron chi connectivity index (χ0n) is 13.6. The minimum Gasteiger partial charge on any atom is -0.507 e. The molecule has 5 heteroatoms. The molecular weight excluding hydrogens is 318 g/mol. The molecule has 3 rings (SSSR count). The smallest absolute Gasteiger partial charge is 0.187 e. The lowest BCUT2D eigenvalue weighted by atomic mass is 10.0. The van der Waals surface area contributed by atoms with Crippen LogP contribution in [0.5, 0.6) is 17.2 Å². The number of phenolic OH excluding ortho intramolecular Hbond substituents is 2. The highest BCUT2D eigenvalue weighted by Gasteiger charge is 2.13. The number of hydrogen-bond donors (Lipinski definition) is 2. The molecule has 5 nitrogen and oxygen atoms in total. The third kappa shape index (κ3) is 3.45. The van der Waals surface area contributed by atoms with Gasteiger partial charge in [0.05, 0.1) is 12.7 Å². The van der Waals surface area contributed by atoms with Crippen LogP contribution in [-0.2, 0) is 0 Å². The van der Waals surface area contributed by atoms with Gasteiger partial charge in [0.1, 0.15) is 23.8 Å². The zero-order chi connectivity index (χ0) is 17.8. The van der Waals surface area contributed by atoms with Gasteiger partial charge < -0.3 is 14.9 Å². The van der Waals surface area contributed by atoms with Crippen LogP contribution in [0.3, 0.4) is 0 Å². The summed E-state index contributed by atoms with van der Waals surface area (Å²) >= 11 is 0. The van der Waals surface area contributed by atoms with Gasteiger partial charge in [-0.15, -0.1) is 0 Å². The number of carbonyl (C=O) groups is 1. The first-order valence-electron chi connectivity index (χ1n) is 7.71. The Labute approximate surface area is 144 Å². The molecule has 0 spiro atoms. The van der Waals surface area contributed by atoms with Gasteiger partial charge in [-0.3, -0.25) is 9.79 Å². The van der Waals surface area contributed by atoms with Gasteiger partial charge in [-0.05, 0) is 29.7 Å². The number of ketones is 1. The van der Waals surface area contributed by atoms with E-state index in [-0.39, 0.29) is 29.4 Å². The molecule has 126 valence electrons. The summed E-state index contributed by atoms with van der Waals surface area (Å²) in [6, 6.07) is 15.4. The molecule has 0 aromatic heterocycles. The Hall–Kier alpha value is -3.34. The second-order valence-electron chi connectivity index (χ2n) is 5.50. The van der Waals surface area contributed by atoms with E-state index in [9.17, 15) is 15.0 Å². The summed E-state index contributed by atoms with van der Waals surface area (Å²) in [7, 11) is 1.53. The number of rotatable bonds is 5. The van der Waals surface area contributed by atoms with Crippen LogP contribution in [0.25, 0.3) is 10.8 Å². The van der Waals surface area contributed by atoms with Crippen LogP contribution < -0.4 is 4.74 Å². The first-order valence-corrected chi connectivity index (χ1v) is 7.71. The highest BCUT2D eigenvalue weighted by atomic mass is 16.5. The molecule has 0 radical (unpaired) electrons. The van der Waals surface area contributed by atoms with E-state index in [0.717, 1.165) is 5.39 Å². The summed E-state index contributed by atoms with van der Waals surface area (Å²) in [5.74, 6) is 0.285. The average Bonchev–Trinajstić information content (AvgIpc) is 2.63. The molecule has 0 saturated carbocycles. The number of aromatic hydroxyl groups is 2. The summed E-state index contributed by atoms with van der Waals surface area (Å²) in [5, 5.41) is 21.6. The van der Waals surface area contributed by atoms with E-state index in [1.54, 1.807) is 36.4 Å². The van der Waals surface area contributed by atoms with E-state index in [1.807, 2.05) is 12.1 Å². The summed E-state index contributed by atoms with van der Waals surface area (Å²) in [6.45, 7) is -0.136. The minimum absolute atomic E-state index is 0.0393. The molecule has 0 aliphatic carbocycles. The Bertz CT molecular complexity index is 963. The quantitative estimate of drug-likeness (QED) is 0.552. The van der Waals surface area contributed by atoms with Gasteiger partial charge in [-0.2, -0.15) is 0 Å². The highest BCUT2D eigenvalue weighted by Crippen LogP contribution is 2.29. The lowest BCUT2D eigenvalue weighted by Crippen LogP contribution is -2.04. The van der Waals surface area contributed by atoms with Gasteiger partial charge in [0.2, 0.25) is 0 Å². The fraction of sp³-hybridized carbons (Fsp3) is 0.100. The topological polar surface area (TPSA) is 79.1 Å². The van der Waals surface area contributed by atoms with E-state index in [0.29, 0.717) is 16.7 Å². The first-order chi connectivity index (χ1) is 12.1. The monoisotopic (exact) mass is 335 g/mol. The normalized spacial score (nSPS) is 11.1. The molecule has 0 amide bonds. The standard InChI is InChI=1S/C20H17NO4/c1-25-15-7-9-18(22)14(10-15)11-21-12-19(23)17-8-6-13-4-2-3-5-16(13)20(17)24/h2-11,22,24H,12H2,1H3. The molecule has 3 aromatic carbocycles. The van der Waals surface area contributed by atoms with Crippen LogP contribution in [0, 0.1) is 0 Å².